The van der Waals surface area contributed by atoms with Crippen molar-refractivity contribution < 1.29 is 14.3 Å². The van der Waals surface area contributed by atoms with Crippen LogP contribution in [0.5, 0.6) is 5.75 Å². The van der Waals surface area contributed by atoms with Crippen LogP contribution < -0.4 is 10.5 Å². The smallest absolute Gasteiger partial charge is 0.225 e. The largest absolute Gasteiger partial charge is 0.491 e. The Balaban J connectivity index is 0.00000364. The van der Waals surface area contributed by atoms with Crippen LogP contribution in [-0.4, -0.2) is 49.8 Å². The third kappa shape index (κ3) is 6.98. The second-order valence-electron chi connectivity index (χ2n) is 7.15. The number of hydrogen-bond acceptors (Lipinski definition) is 4. The molecule has 1 aliphatic rings. The molecule has 6 heteroatoms. The number of carbonyl (C=O) groups is 1. The zero-order valence-electron chi connectivity index (χ0n) is 16.9. The first-order chi connectivity index (χ1) is 12.6. The average molecular weight is 399 g/mol. The quantitative estimate of drug-likeness (QED) is 0.692. The summed E-state index contributed by atoms with van der Waals surface area (Å²) >= 11 is 0. The molecule has 2 N–H and O–H groups in total. The summed E-state index contributed by atoms with van der Waals surface area (Å²) in [6, 6.07) is 8.00. The van der Waals surface area contributed by atoms with Crippen LogP contribution in [0.4, 0.5) is 0 Å². The molecule has 0 bridgehead atoms. The van der Waals surface area contributed by atoms with Gasteiger partial charge in [-0.1, -0.05) is 32.0 Å². The number of nitrogens with zero attached hydrogens (tertiary/aromatic N) is 1. The van der Waals surface area contributed by atoms with Gasteiger partial charge in [-0.2, -0.15) is 0 Å². The van der Waals surface area contributed by atoms with Gasteiger partial charge in [0.15, 0.2) is 0 Å². The molecule has 0 radical (unpaired) electrons. The Bertz CT molecular complexity index is 570. The molecule has 1 aromatic carbocycles. The first-order valence-electron chi connectivity index (χ1n) is 9.89. The molecule has 1 aliphatic carbocycles. The molecule has 3 atom stereocenters. The van der Waals surface area contributed by atoms with Gasteiger partial charge in [0, 0.05) is 25.6 Å². The topological polar surface area (TPSA) is 64.8 Å². The summed E-state index contributed by atoms with van der Waals surface area (Å²) in [5, 5.41) is 0. The van der Waals surface area contributed by atoms with Gasteiger partial charge in [-0.25, -0.2) is 0 Å². The van der Waals surface area contributed by atoms with Gasteiger partial charge in [-0.05, 0) is 43.7 Å². The maximum atomic E-state index is 12.7. The van der Waals surface area contributed by atoms with E-state index < -0.39 is 0 Å². The van der Waals surface area contributed by atoms with Crippen molar-refractivity contribution in [3.05, 3.63) is 29.8 Å². The van der Waals surface area contributed by atoms with E-state index in [0.29, 0.717) is 19.6 Å². The Morgan fingerprint density at radius 2 is 1.96 bits per heavy atom. The molecule has 1 amide bonds. The number of halogens is 1. The van der Waals surface area contributed by atoms with Gasteiger partial charge < -0.3 is 20.1 Å². The van der Waals surface area contributed by atoms with Gasteiger partial charge in [-0.3, -0.25) is 4.79 Å². The SMILES string of the molecule is CCCO[C@@H]1CC[C@H](C(=O)N(C)CCOc2ccccc2CC)C[C@H]1N.Cl. The van der Waals surface area contributed by atoms with Crippen molar-refractivity contribution in [2.45, 2.75) is 58.1 Å². The van der Waals surface area contributed by atoms with Crippen LogP contribution in [0.3, 0.4) is 0 Å². The maximum Gasteiger partial charge on any atom is 0.225 e. The van der Waals surface area contributed by atoms with Crippen molar-refractivity contribution in [1.82, 2.24) is 4.90 Å². The Hall–Kier alpha value is -1.30. The van der Waals surface area contributed by atoms with E-state index >= 15 is 0 Å². The van der Waals surface area contributed by atoms with Crippen LogP contribution in [0.15, 0.2) is 24.3 Å². The Kier molecular flexibility index (Phi) is 10.7. The number of ether oxygens (including phenoxy) is 2. The van der Waals surface area contributed by atoms with Crippen LogP contribution in [0.25, 0.3) is 0 Å². The highest BCUT2D eigenvalue weighted by atomic mass is 35.5. The van der Waals surface area contributed by atoms with Crippen LogP contribution in [-0.2, 0) is 16.0 Å². The lowest BCUT2D eigenvalue weighted by Gasteiger charge is -2.34. The normalized spacial score (nSPS) is 22.0. The van der Waals surface area contributed by atoms with E-state index in [1.54, 1.807) is 4.90 Å². The molecule has 0 spiro atoms. The van der Waals surface area contributed by atoms with Gasteiger partial charge >= 0.3 is 0 Å². The maximum absolute atomic E-state index is 12.7. The molecule has 0 saturated heterocycles. The molecule has 0 aliphatic heterocycles. The van der Waals surface area contributed by atoms with Crippen LogP contribution in [0.2, 0.25) is 0 Å². The molecule has 1 fully saturated rings. The number of amides is 1. The van der Waals surface area contributed by atoms with Crippen molar-refractivity contribution in [3.8, 4) is 5.75 Å². The summed E-state index contributed by atoms with van der Waals surface area (Å²) in [5.74, 6) is 1.08. The van der Waals surface area contributed by atoms with E-state index in [0.717, 1.165) is 38.0 Å². The fraction of sp³-hybridized carbons (Fsp3) is 0.667. The van der Waals surface area contributed by atoms with Gasteiger partial charge in [0.05, 0.1) is 12.6 Å². The minimum atomic E-state index is -0.0506. The van der Waals surface area contributed by atoms with E-state index in [1.807, 2.05) is 25.2 Å². The number of benzene rings is 1. The number of likely N-dealkylation sites (N-methyl/N-ethyl adjacent to an activating group) is 1. The number of carbonyl (C=O) groups excluding carboxylic acids is 1. The van der Waals surface area contributed by atoms with Crippen molar-refractivity contribution in [2.75, 3.05) is 26.8 Å². The predicted octanol–water partition coefficient (Wildman–Crippen LogP) is 3.43. The van der Waals surface area contributed by atoms with E-state index in [2.05, 4.69) is 19.9 Å². The summed E-state index contributed by atoms with van der Waals surface area (Å²) in [6.07, 6.45) is 4.45. The summed E-state index contributed by atoms with van der Waals surface area (Å²) < 4.78 is 11.7. The predicted molar refractivity (Wildman–Crippen MR) is 112 cm³/mol. The highest BCUT2D eigenvalue weighted by Gasteiger charge is 2.33. The fourth-order valence-electron chi connectivity index (χ4n) is 3.53. The number of rotatable bonds is 9. The van der Waals surface area contributed by atoms with Crippen LogP contribution in [0, 0.1) is 5.92 Å². The number of para-hydroxylation sites is 1. The molecule has 1 saturated carbocycles. The molecule has 0 aromatic heterocycles. The standard InChI is InChI=1S/C21H34N2O3.ClH/c1-4-13-25-20-11-10-17(15-18(20)22)21(24)23(3)12-14-26-19-9-7-6-8-16(19)5-2;/h6-9,17-18,20H,4-5,10-15,22H2,1-3H3;1H/t17-,18+,20+;/m0./s1. The third-order valence-corrected chi connectivity index (χ3v) is 5.13. The molecule has 0 unspecified atom stereocenters. The first kappa shape index (κ1) is 23.7. The Labute approximate surface area is 170 Å². The molecular formula is C21H35ClN2O3. The zero-order valence-corrected chi connectivity index (χ0v) is 17.7. The zero-order chi connectivity index (χ0) is 18.9. The van der Waals surface area contributed by atoms with E-state index in [9.17, 15) is 4.79 Å². The van der Waals surface area contributed by atoms with Crippen molar-refractivity contribution in [1.29, 1.82) is 0 Å². The summed E-state index contributed by atoms with van der Waals surface area (Å²) in [7, 11) is 1.85. The van der Waals surface area contributed by atoms with Crippen LogP contribution >= 0.6 is 12.4 Å². The van der Waals surface area contributed by atoms with Gasteiger partial charge in [0.2, 0.25) is 5.91 Å². The second-order valence-corrected chi connectivity index (χ2v) is 7.15. The lowest BCUT2D eigenvalue weighted by molar-refractivity contribution is -0.137. The fourth-order valence-corrected chi connectivity index (χ4v) is 3.53. The highest BCUT2D eigenvalue weighted by Crippen LogP contribution is 2.27. The lowest BCUT2D eigenvalue weighted by atomic mass is 9.83. The molecule has 2 rings (SSSR count). The Morgan fingerprint density at radius 1 is 1.22 bits per heavy atom. The summed E-state index contributed by atoms with van der Waals surface area (Å²) in [5.41, 5.74) is 7.43. The van der Waals surface area contributed by atoms with E-state index in [1.165, 1.54) is 5.56 Å². The van der Waals surface area contributed by atoms with Gasteiger partial charge in [0.1, 0.15) is 12.4 Å². The molecule has 0 heterocycles. The molecule has 27 heavy (non-hydrogen) atoms. The van der Waals surface area contributed by atoms with E-state index in [-0.39, 0.29) is 36.4 Å². The molecule has 1 aromatic rings. The van der Waals surface area contributed by atoms with Crippen molar-refractivity contribution in [2.24, 2.45) is 11.7 Å². The lowest BCUT2D eigenvalue weighted by Crippen LogP contribution is -2.47. The minimum absolute atomic E-state index is 0. The van der Waals surface area contributed by atoms with Gasteiger partial charge in [-0.15, -0.1) is 12.4 Å². The second kappa shape index (κ2) is 12.2. The van der Waals surface area contributed by atoms with Crippen molar-refractivity contribution in [3.63, 3.8) is 0 Å². The summed E-state index contributed by atoms with van der Waals surface area (Å²) in [4.78, 5) is 14.5. The molecule has 154 valence electrons. The summed E-state index contributed by atoms with van der Waals surface area (Å²) in [6.45, 7) is 6.03. The third-order valence-electron chi connectivity index (χ3n) is 5.13. The monoisotopic (exact) mass is 398 g/mol. The number of nitrogens with two attached hydrogens (primary N) is 1. The molecular weight excluding hydrogens is 364 g/mol. The first-order valence-corrected chi connectivity index (χ1v) is 9.89. The van der Waals surface area contributed by atoms with Crippen molar-refractivity contribution >= 4 is 18.3 Å². The van der Waals surface area contributed by atoms with E-state index in [4.69, 9.17) is 15.2 Å². The average Bonchev–Trinajstić information content (AvgIpc) is 2.66. The van der Waals surface area contributed by atoms with Gasteiger partial charge in [0.25, 0.3) is 0 Å². The number of hydrogen-bond donors (Lipinski definition) is 1. The van der Waals surface area contributed by atoms with Crippen LogP contribution in [0.1, 0.15) is 45.1 Å². The molecule has 5 nitrogen and oxygen atoms in total. The minimum Gasteiger partial charge on any atom is -0.491 e. The number of aryl methyl sites for hydroxylation is 1. The highest BCUT2D eigenvalue weighted by molar-refractivity contribution is 5.85. The Morgan fingerprint density at radius 3 is 2.63 bits per heavy atom.